The Morgan fingerprint density at radius 3 is 2.26 bits per heavy atom. The van der Waals surface area contributed by atoms with E-state index in [2.05, 4.69) is 0 Å². The summed E-state index contributed by atoms with van der Waals surface area (Å²) < 4.78 is 30.6. The zero-order valence-corrected chi connectivity index (χ0v) is 12.2. The molecule has 0 aromatic carbocycles. The number of carbonyl (C=O) groups is 2. The summed E-state index contributed by atoms with van der Waals surface area (Å²) in [5, 5.41) is 0. The number of carbonyl (C=O) groups excluding carboxylic acids is 2. The van der Waals surface area contributed by atoms with Crippen LogP contribution in [0, 0.1) is 0 Å². The molecular formula is C12H21NO5S. The average Bonchev–Trinajstić information content (AvgIpc) is 2.56. The van der Waals surface area contributed by atoms with E-state index >= 15 is 0 Å². The molecule has 1 saturated heterocycles. The summed E-state index contributed by atoms with van der Waals surface area (Å²) in [6.07, 6.45) is 2.76. The molecule has 0 spiro atoms. The molecule has 7 heteroatoms. The maximum Gasteiger partial charge on any atom is 0.280 e. The third kappa shape index (κ3) is 2.97. The summed E-state index contributed by atoms with van der Waals surface area (Å²) in [4.78, 5) is 24.8. The molecule has 1 rings (SSSR count). The molecule has 0 radical (unpaired) electrons. The molecule has 2 amide bonds. The van der Waals surface area contributed by atoms with Crippen LogP contribution in [-0.4, -0.2) is 41.0 Å². The summed E-state index contributed by atoms with van der Waals surface area (Å²) >= 11 is 0. The van der Waals surface area contributed by atoms with Crippen LogP contribution in [0.1, 0.15) is 52.4 Å². The number of hydrogen-bond donors (Lipinski definition) is 1. The molecule has 0 saturated carbocycles. The number of rotatable bonds is 7. The highest BCUT2D eigenvalue weighted by Crippen LogP contribution is 2.36. The first-order chi connectivity index (χ1) is 8.80. The van der Waals surface area contributed by atoms with Gasteiger partial charge in [-0.2, -0.15) is 8.42 Å². The van der Waals surface area contributed by atoms with E-state index in [9.17, 15) is 22.6 Å². The van der Waals surface area contributed by atoms with Crippen molar-refractivity contribution in [3.8, 4) is 0 Å². The lowest BCUT2D eigenvalue weighted by molar-refractivity contribution is -0.138. The highest BCUT2D eigenvalue weighted by Gasteiger charge is 2.59. The fourth-order valence-electron chi connectivity index (χ4n) is 2.46. The molecule has 0 aromatic rings. The van der Waals surface area contributed by atoms with E-state index in [0.717, 1.165) is 24.2 Å². The summed E-state index contributed by atoms with van der Waals surface area (Å²) in [6.45, 7) is 3.75. The first-order valence-corrected chi connectivity index (χ1v) is 8.06. The van der Waals surface area contributed by atoms with Crippen molar-refractivity contribution in [3.63, 3.8) is 0 Å². The Bertz CT molecular complexity index is 459. The van der Waals surface area contributed by atoms with Gasteiger partial charge in [-0.05, 0) is 13.3 Å². The van der Waals surface area contributed by atoms with Crippen molar-refractivity contribution in [2.75, 3.05) is 6.54 Å². The Kier molecular flexibility index (Phi) is 5.09. The van der Waals surface area contributed by atoms with E-state index in [1.807, 2.05) is 6.92 Å². The maximum absolute atomic E-state index is 12.1. The van der Waals surface area contributed by atoms with E-state index in [-0.39, 0.29) is 13.0 Å². The highest BCUT2D eigenvalue weighted by atomic mass is 32.2. The molecule has 1 N–H and O–H groups in total. The zero-order valence-electron chi connectivity index (χ0n) is 11.4. The van der Waals surface area contributed by atoms with E-state index in [1.54, 1.807) is 6.92 Å². The van der Waals surface area contributed by atoms with Gasteiger partial charge in [-0.25, -0.2) is 0 Å². The fourth-order valence-corrected chi connectivity index (χ4v) is 3.50. The Morgan fingerprint density at radius 1 is 1.21 bits per heavy atom. The van der Waals surface area contributed by atoms with Crippen molar-refractivity contribution in [1.29, 1.82) is 0 Å². The first kappa shape index (κ1) is 16.1. The van der Waals surface area contributed by atoms with E-state index in [1.165, 1.54) is 0 Å². The number of nitrogens with zero attached hydrogens (tertiary/aromatic N) is 1. The molecule has 0 aliphatic carbocycles. The molecule has 1 aliphatic rings. The van der Waals surface area contributed by atoms with Crippen LogP contribution in [-0.2, 0) is 19.7 Å². The largest absolute Gasteiger partial charge is 0.285 e. The van der Waals surface area contributed by atoms with Crippen LogP contribution in [0.4, 0.5) is 0 Å². The van der Waals surface area contributed by atoms with Crippen molar-refractivity contribution in [2.45, 2.75) is 57.1 Å². The lowest BCUT2D eigenvalue weighted by Crippen LogP contribution is -2.46. The van der Waals surface area contributed by atoms with Crippen molar-refractivity contribution >= 4 is 21.9 Å². The average molecular weight is 291 g/mol. The van der Waals surface area contributed by atoms with Crippen LogP contribution in [0.25, 0.3) is 0 Å². The summed E-state index contributed by atoms with van der Waals surface area (Å²) in [5.74, 6) is -1.31. The maximum atomic E-state index is 12.1. The van der Waals surface area contributed by atoms with Crippen LogP contribution < -0.4 is 0 Å². The molecule has 1 atom stereocenters. The topological polar surface area (TPSA) is 91.8 Å². The van der Waals surface area contributed by atoms with Crippen molar-refractivity contribution < 1.29 is 22.6 Å². The van der Waals surface area contributed by atoms with E-state index in [4.69, 9.17) is 0 Å². The van der Waals surface area contributed by atoms with Crippen molar-refractivity contribution in [1.82, 2.24) is 4.90 Å². The second kappa shape index (κ2) is 6.00. The van der Waals surface area contributed by atoms with Gasteiger partial charge in [-0.3, -0.25) is 19.0 Å². The fraction of sp³-hybridized carbons (Fsp3) is 0.833. The van der Waals surface area contributed by atoms with Gasteiger partial charge in [0.25, 0.3) is 16.0 Å². The van der Waals surface area contributed by atoms with Gasteiger partial charge in [0.1, 0.15) is 0 Å². The number of imide groups is 1. The van der Waals surface area contributed by atoms with Gasteiger partial charge in [0.05, 0.1) is 6.42 Å². The second-order valence-electron chi connectivity index (χ2n) is 4.90. The molecule has 1 heterocycles. The van der Waals surface area contributed by atoms with Gasteiger partial charge < -0.3 is 0 Å². The van der Waals surface area contributed by atoms with Crippen LogP contribution in [0.2, 0.25) is 0 Å². The third-order valence-electron chi connectivity index (χ3n) is 3.62. The van der Waals surface area contributed by atoms with Gasteiger partial charge in [-0.15, -0.1) is 0 Å². The van der Waals surface area contributed by atoms with Crippen LogP contribution in [0.5, 0.6) is 0 Å². The smallest absolute Gasteiger partial charge is 0.280 e. The Labute approximate surface area is 113 Å². The highest BCUT2D eigenvalue weighted by molar-refractivity contribution is 7.88. The van der Waals surface area contributed by atoms with Crippen molar-refractivity contribution in [2.24, 2.45) is 0 Å². The normalized spacial score (nSPS) is 24.3. The molecule has 1 unspecified atom stereocenters. The molecule has 19 heavy (non-hydrogen) atoms. The predicted octanol–water partition coefficient (Wildman–Crippen LogP) is 1.36. The molecule has 110 valence electrons. The van der Waals surface area contributed by atoms with Gasteiger partial charge in [-0.1, -0.05) is 32.6 Å². The monoisotopic (exact) mass is 291 g/mol. The number of likely N-dealkylation sites (tertiary alicyclic amines) is 1. The minimum Gasteiger partial charge on any atom is -0.285 e. The lowest BCUT2D eigenvalue weighted by Gasteiger charge is -2.23. The molecule has 0 aromatic heterocycles. The summed E-state index contributed by atoms with van der Waals surface area (Å²) in [7, 11) is -4.59. The third-order valence-corrected chi connectivity index (χ3v) is 5.13. The van der Waals surface area contributed by atoms with Gasteiger partial charge in [0.15, 0.2) is 4.75 Å². The number of amides is 2. The molecule has 1 fully saturated rings. The lowest BCUT2D eigenvalue weighted by atomic mass is 9.98. The minimum absolute atomic E-state index is 0.00685. The zero-order chi connectivity index (χ0) is 14.7. The quantitative estimate of drug-likeness (QED) is 0.434. The Morgan fingerprint density at radius 2 is 1.84 bits per heavy atom. The van der Waals surface area contributed by atoms with Gasteiger partial charge in [0.2, 0.25) is 5.91 Å². The second-order valence-corrected chi connectivity index (χ2v) is 6.63. The molecule has 1 aliphatic heterocycles. The van der Waals surface area contributed by atoms with E-state index < -0.39 is 33.1 Å². The van der Waals surface area contributed by atoms with Crippen LogP contribution >= 0.6 is 0 Å². The Hall–Kier alpha value is -0.950. The summed E-state index contributed by atoms with van der Waals surface area (Å²) in [6, 6.07) is 0. The molecule has 0 bridgehead atoms. The van der Waals surface area contributed by atoms with Crippen LogP contribution in [0.15, 0.2) is 0 Å². The summed E-state index contributed by atoms with van der Waals surface area (Å²) in [5.41, 5.74) is 0. The standard InChI is InChI=1S/C12H21NO5S/c1-3-5-6-7-8-12(19(16,17)18)9-10(14)13(4-2)11(12)15/h3-9H2,1-2H3,(H,16,17,18). The predicted molar refractivity (Wildman–Crippen MR) is 70.0 cm³/mol. The number of unbranched alkanes of at least 4 members (excludes halogenated alkanes) is 3. The van der Waals surface area contributed by atoms with E-state index in [0.29, 0.717) is 6.42 Å². The van der Waals surface area contributed by atoms with Gasteiger partial charge >= 0.3 is 0 Å². The SMILES string of the molecule is CCCCCCC1(S(=O)(=O)O)CC(=O)N(CC)C1=O. The molecular weight excluding hydrogens is 270 g/mol. The number of hydrogen-bond acceptors (Lipinski definition) is 4. The first-order valence-electron chi connectivity index (χ1n) is 6.62. The minimum atomic E-state index is -4.59. The van der Waals surface area contributed by atoms with Crippen LogP contribution in [0.3, 0.4) is 0 Å². The van der Waals surface area contributed by atoms with Crippen molar-refractivity contribution in [3.05, 3.63) is 0 Å². The molecule has 6 nitrogen and oxygen atoms in total. The van der Waals surface area contributed by atoms with Gasteiger partial charge in [0, 0.05) is 6.54 Å². The Balaban J connectivity index is 2.97.